The van der Waals surface area contributed by atoms with Crippen molar-refractivity contribution < 1.29 is 4.74 Å². The number of hydrogen-bond acceptors (Lipinski definition) is 4. The van der Waals surface area contributed by atoms with E-state index in [1.807, 2.05) is 0 Å². The van der Waals surface area contributed by atoms with Crippen LogP contribution in [0.2, 0.25) is 0 Å². The first kappa shape index (κ1) is 23.9. The van der Waals surface area contributed by atoms with E-state index >= 15 is 0 Å². The second-order valence-corrected chi connectivity index (χ2v) is 12.3. The molecule has 202 valence electrons. The van der Waals surface area contributed by atoms with Gasteiger partial charge in [-0.1, -0.05) is 61.8 Å². The number of rotatable bonds is 2. The Morgan fingerprint density at radius 1 is 0.786 bits per heavy atom. The van der Waals surface area contributed by atoms with Crippen LogP contribution in [0.4, 0.5) is 0 Å². The fraction of sp³-hybridized carbons (Fsp3) is 0.194. The summed E-state index contributed by atoms with van der Waals surface area (Å²) in [5, 5.41) is 1.39. The fourth-order valence-electron chi connectivity index (χ4n) is 7.88. The average molecular weight is 544 g/mol. The summed E-state index contributed by atoms with van der Waals surface area (Å²) >= 11 is 0. The van der Waals surface area contributed by atoms with Crippen molar-refractivity contribution in [2.24, 2.45) is 0 Å². The van der Waals surface area contributed by atoms with Gasteiger partial charge in [0.1, 0.15) is 24.2 Å². The second-order valence-electron chi connectivity index (χ2n) is 12.3. The zero-order valence-corrected chi connectivity index (χ0v) is 23.8. The van der Waals surface area contributed by atoms with Gasteiger partial charge in [-0.05, 0) is 89.7 Å². The maximum Gasteiger partial charge on any atom is 0.251 e. The van der Waals surface area contributed by atoms with Crippen LogP contribution in [0, 0.1) is 0 Å². The minimum atomic E-state index is -0.214. The van der Waals surface area contributed by atoms with Crippen molar-refractivity contribution in [2.75, 3.05) is 0 Å². The highest BCUT2D eigenvalue weighted by atomic mass is 16.5. The van der Waals surface area contributed by atoms with E-state index in [0.29, 0.717) is 5.82 Å². The molecule has 1 aliphatic carbocycles. The monoisotopic (exact) mass is 544 g/mol. The van der Waals surface area contributed by atoms with Crippen molar-refractivity contribution in [1.29, 1.82) is 0 Å². The summed E-state index contributed by atoms with van der Waals surface area (Å²) in [7, 11) is 0. The van der Waals surface area contributed by atoms with Gasteiger partial charge in [0, 0.05) is 27.7 Å². The van der Waals surface area contributed by atoms with E-state index in [9.17, 15) is 0 Å². The molecule has 0 spiro atoms. The first-order valence-electron chi connectivity index (χ1n) is 14.9. The van der Waals surface area contributed by atoms with Crippen LogP contribution in [0.25, 0.3) is 28.0 Å². The summed E-state index contributed by atoms with van der Waals surface area (Å²) in [5.41, 5.74) is 12.7. The quantitative estimate of drug-likeness (QED) is 0.265. The molecule has 2 aromatic heterocycles. The number of ether oxygens (including phenoxy) is 1. The van der Waals surface area contributed by atoms with Crippen LogP contribution < -0.4 is 21.1 Å². The standard InChI is InChI=1S/C36H29BN4O/c1-36(2)26-10-7-13-33-34(26)37(28-16-14-22(18-27(28)36)35-39-20-38-21-40-35)29-19-23(15-17-32(29)42-33)41-30-11-5-3-8-24(30)25-9-4-6-12-31(25)41/h3,5,7-8,10-11,13-21H,4,6,9,12H2,1-2H3. The van der Waals surface area contributed by atoms with Crippen LogP contribution >= 0.6 is 0 Å². The van der Waals surface area contributed by atoms with Crippen molar-refractivity contribution in [1.82, 2.24) is 19.5 Å². The molecule has 0 saturated heterocycles. The number of para-hydroxylation sites is 1. The van der Waals surface area contributed by atoms with Gasteiger partial charge in [0.15, 0.2) is 5.82 Å². The summed E-state index contributed by atoms with van der Waals surface area (Å²) in [6.45, 7) is 4.71. The molecule has 0 saturated carbocycles. The zero-order valence-electron chi connectivity index (χ0n) is 23.8. The van der Waals surface area contributed by atoms with Gasteiger partial charge >= 0.3 is 0 Å². The van der Waals surface area contributed by atoms with E-state index in [-0.39, 0.29) is 12.1 Å². The molecule has 4 aromatic carbocycles. The van der Waals surface area contributed by atoms with Crippen LogP contribution in [0.1, 0.15) is 49.1 Å². The molecule has 0 fully saturated rings. The number of nitrogens with zero attached hydrogens (tertiary/aromatic N) is 4. The van der Waals surface area contributed by atoms with E-state index in [2.05, 4.69) is 112 Å². The van der Waals surface area contributed by atoms with Crippen molar-refractivity contribution >= 4 is 34.0 Å². The summed E-state index contributed by atoms with van der Waals surface area (Å²) < 4.78 is 9.18. The molecule has 6 aromatic rings. The van der Waals surface area contributed by atoms with Gasteiger partial charge in [0.2, 0.25) is 0 Å². The summed E-state index contributed by atoms with van der Waals surface area (Å²) in [5.74, 6) is 2.59. The molecule has 0 amide bonds. The fourth-order valence-corrected chi connectivity index (χ4v) is 7.88. The third-order valence-corrected chi connectivity index (χ3v) is 9.78. The first-order valence-corrected chi connectivity index (χ1v) is 14.9. The molecule has 3 aliphatic rings. The highest BCUT2D eigenvalue weighted by Gasteiger charge is 2.45. The van der Waals surface area contributed by atoms with Gasteiger partial charge in [0.05, 0.1) is 5.52 Å². The lowest BCUT2D eigenvalue weighted by Crippen LogP contribution is -2.62. The van der Waals surface area contributed by atoms with Crippen LogP contribution in [0.15, 0.2) is 91.5 Å². The number of aromatic nitrogens is 4. The van der Waals surface area contributed by atoms with Gasteiger partial charge in [-0.3, -0.25) is 0 Å². The van der Waals surface area contributed by atoms with Crippen molar-refractivity contribution in [2.45, 2.75) is 44.9 Å². The highest BCUT2D eigenvalue weighted by molar-refractivity contribution is 6.98. The summed E-state index contributed by atoms with van der Waals surface area (Å²) in [4.78, 5) is 12.9. The molecular formula is C36H29BN4O. The maximum atomic E-state index is 6.66. The first-order chi connectivity index (χ1) is 20.6. The topological polar surface area (TPSA) is 52.8 Å². The van der Waals surface area contributed by atoms with E-state index < -0.39 is 0 Å². The number of benzene rings is 4. The van der Waals surface area contributed by atoms with Crippen LogP contribution in [0.5, 0.6) is 11.5 Å². The van der Waals surface area contributed by atoms with Gasteiger partial charge in [-0.15, -0.1) is 0 Å². The molecule has 0 atom stereocenters. The van der Waals surface area contributed by atoms with Crippen LogP contribution in [-0.4, -0.2) is 26.2 Å². The van der Waals surface area contributed by atoms with Crippen LogP contribution in [-0.2, 0) is 18.3 Å². The van der Waals surface area contributed by atoms with E-state index in [4.69, 9.17) is 4.74 Å². The molecule has 0 N–H and O–H groups in total. The molecule has 0 bridgehead atoms. The molecule has 5 nitrogen and oxygen atoms in total. The molecular weight excluding hydrogens is 515 g/mol. The smallest absolute Gasteiger partial charge is 0.251 e. The predicted octanol–water partition coefficient (Wildman–Crippen LogP) is 5.62. The largest absolute Gasteiger partial charge is 0.458 e. The zero-order chi connectivity index (χ0) is 28.0. The third-order valence-electron chi connectivity index (χ3n) is 9.78. The van der Waals surface area contributed by atoms with Gasteiger partial charge in [0.25, 0.3) is 6.71 Å². The minimum absolute atomic E-state index is 0.0768. The van der Waals surface area contributed by atoms with Gasteiger partial charge in [-0.2, -0.15) is 0 Å². The Morgan fingerprint density at radius 3 is 2.55 bits per heavy atom. The van der Waals surface area contributed by atoms with E-state index in [1.54, 1.807) is 12.7 Å². The van der Waals surface area contributed by atoms with Crippen molar-refractivity contribution in [3.05, 3.63) is 114 Å². The Balaban J connectivity index is 1.28. The van der Waals surface area contributed by atoms with E-state index in [0.717, 1.165) is 29.9 Å². The lowest BCUT2D eigenvalue weighted by molar-refractivity contribution is 0.484. The third kappa shape index (κ3) is 3.23. The van der Waals surface area contributed by atoms with Gasteiger partial charge in [-0.25, -0.2) is 15.0 Å². The molecule has 9 rings (SSSR count). The Bertz CT molecular complexity index is 2060. The normalized spacial score (nSPS) is 15.8. The lowest BCUT2D eigenvalue weighted by atomic mass is 9.30. The molecule has 4 heterocycles. The Labute approximate surface area is 245 Å². The van der Waals surface area contributed by atoms with E-state index in [1.165, 1.54) is 68.2 Å². The van der Waals surface area contributed by atoms with Gasteiger partial charge < -0.3 is 9.30 Å². The Morgan fingerprint density at radius 2 is 1.64 bits per heavy atom. The SMILES string of the molecule is CC1(C)c2cc(-c3ncncn3)ccc2B2c3cc(-n4c5c(c6ccccc64)CCCC5)ccc3Oc3cccc1c32. The molecule has 2 aliphatic heterocycles. The molecule has 42 heavy (non-hydrogen) atoms. The number of aryl methyl sites for hydroxylation is 1. The highest BCUT2D eigenvalue weighted by Crippen LogP contribution is 2.40. The second kappa shape index (κ2) is 8.65. The van der Waals surface area contributed by atoms with Crippen molar-refractivity contribution in [3.8, 4) is 28.6 Å². The number of fused-ring (bicyclic) bond motifs is 7. The Hall–Kier alpha value is -4.71. The van der Waals surface area contributed by atoms with Crippen LogP contribution in [0.3, 0.4) is 0 Å². The predicted molar refractivity (Wildman–Crippen MR) is 168 cm³/mol. The summed E-state index contributed by atoms with van der Waals surface area (Å²) in [6.07, 6.45) is 7.90. The molecule has 0 radical (unpaired) electrons. The number of hydrogen-bond donors (Lipinski definition) is 0. The summed E-state index contributed by atoms with van der Waals surface area (Å²) in [6, 6.07) is 29.0. The molecule has 6 heteroatoms. The van der Waals surface area contributed by atoms with Crippen molar-refractivity contribution in [3.63, 3.8) is 0 Å². The maximum absolute atomic E-state index is 6.66. The minimum Gasteiger partial charge on any atom is -0.458 e. The Kier molecular flexibility index (Phi) is 4.93. The molecule has 0 unspecified atom stereocenters. The average Bonchev–Trinajstić information content (AvgIpc) is 3.37. The lowest BCUT2D eigenvalue weighted by Gasteiger charge is -2.41.